The van der Waals surface area contributed by atoms with E-state index in [0.717, 1.165) is 18.8 Å². The molecule has 2 atom stereocenters. The summed E-state index contributed by atoms with van der Waals surface area (Å²) in [6.45, 7) is 8.51. The van der Waals surface area contributed by atoms with Gasteiger partial charge in [0, 0.05) is 19.6 Å². The average Bonchev–Trinajstić information content (AvgIpc) is 2.62. The van der Waals surface area contributed by atoms with E-state index in [2.05, 4.69) is 18.7 Å². The molecule has 17 heavy (non-hydrogen) atoms. The summed E-state index contributed by atoms with van der Waals surface area (Å²) in [7, 11) is 0. The van der Waals surface area contributed by atoms with Crippen molar-refractivity contribution in [3.63, 3.8) is 0 Å². The summed E-state index contributed by atoms with van der Waals surface area (Å²) in [4.78, 5) is 2.63. The third kappa shape index (κ3) is 3.23. The molecule has 1 aliphatic carbocycles. The van der Waals surface area contributed by atoms with Crippen LogP contribution in [0.2, 0.25) is 0 Å². The molecule has 0 aromatic rings. The van der Waals surface area contributed by atoms with Crippen LogP contribution in [-0.2, 0) is 0 Å². The molecule has 1 saturated heterocycles. The van der Waals surface area contributed by atoms with E-state index in [0.29, 0.717) is 5.41 Å². The third-order valence-electron chi connectivity index (χ3n) is 4.71. The molecule has 0 aromatic carbocycles. The van der Waals surface area contributed by atoms with Crippen LogP contribution in [0.15, 0.2) is 0 Å². The molecule has 0 amide bonds. The lowest BCUT2D eigenvalue weighted by Gasteiger charge is -2.51. The molecule has 2 nitrogen and oxygen atoms in total. The number of nitrogens with zero attached hydrogens (tertiary/aromatic N) is 1. The summed E-state index contributed by atoms with van der Waals surface area (Å²) < 4.78 is 0. The van der Waals surface area contributed by atoms with Crippen molar-refractivity contribution in [1.82, 2.24) is 4.90 Å². The molecule has 0 aromatic heterocycles. The maximum absolute atomic E-state index is 9.56. The second kappa shape index (κ2) is 5.71. The van der Waals surface area contributed by atoms with Crippen molar-refractivity contribution in [2.24, 2.45) is 11.3 Å². The highest BCUT2D eigenvalue weighted by Crippen LogP contribution is 2.40. The number of likely N-dealkylation sites (tertiary alicyclic amines) is 1. The first-order valence-corrected chi connectivity index (χ1v) is 7.58. The van der Waals surface area contributed by atoms with Gasteiger partial charge in [-0.15, -0.1) is 0 Å². The van der Waals surface area contributed by atoms with E-state index in [1.807, 2.05) is 0 Å². The zero-order chi connectivity index (χ0) is 12.3. The molecule has 2 aliphatic rings. The van der Waals surface area contributed by atoms with Crippen LogP contribution in [0.1, 0.15) is 58.8 Å². The number of aliphatic hydroxyl groups is 1. The summed E-state index contributed by atoms with van der Waals surface area (Å²) in [5.41, 5.74) is 0.653. The lowest BCUT2D eigenvalue weighted by Crippen LogP contribution is -2.57. The molecule has 0 spiro atoms. The smallest absolute Gasteiger partial charge is 0.0543 e. The molecule has 1 heterocycles. The van der Waals surface area contributed by atoms with Crippen LogP contribution in [0.5, 0.6) is 0 Å². The molecular weight excluding hydrogens is 210 g/mol. The molecular formula is C15H29NO. The number of aliphatic hydroxyl groups excluding tert-OH is 1. The Morgan fingerprint density at radius 1 is 1.12 bits per heavy atom. The second-order valence-corrected chi connectivity index (χ2v) is 6.50. The topological polar surface area (TPSA) is 23.5 Å². The van der Waals surface area contributed by atoms with E-state index in [4.69, 9.17) is 0 Å². The lowest BCUT2D eigenvalue weighted by molar-refractivity contribution is -0.0242. The molecule has 100 valence electrons. The number of rotatable bonds is 6. The Morgan fingerprint density at radius 2 is 1.76 bits per heavy atom. The molecule has 2 fully saturated rings. The summed E-state index contributed by atoms with van der Waals surface area (Å²) in [6.07, 6.45) is 8.80. The van der Waals surface area contributed by atoms with Crippen LogP contribution < -0.4 is 0 Å². The van der Waals surface area contributed by atoms with Crippen LogP contribution in [0, 0.1) is 11.3 Å². The van der Waals surface area contributed by atoms with Crippen LogP contribution in [0.25, 0.3) is 0 Å². The van der Waals surface area contributed by atoms with Crippen molar-refractivity contribution in [3.8, 4) is 0 Å². The molecule has 2 unspecified atom stereocenters. The molecule has 1 saturated carbocycles. The normalized spacial score (nSPS) is 32.6. The quantitative estimate of drug-likeness (QED) is 0.770. The Morgan fingerprint density at radius 3 is 2.24 bits per heavy atom. The highest BCUT2D eigenvalue weighted by Gasteiger charge is 2.42. The minimum atomic E-state index is -0.00248. The van der Waals surface area contributed by atoms with Gasteiger partial charge in [0.25, 0.3) is 0 Å². The summed E-state index contributed by atoms with van der Waals surface area (Å²) in [5.74, 6) is 0.770. The zero-order valence-electron chi connectivity index (χ0n) is 11.6. The first-order valence-electron chi connectivity index (χ1n) is 7.58. The number of hydrogen-bond acceptors (Lipinski definition) is 2. The van der Waals surface area contributed by atoms with Gasteiger partial charge < -0.3 is 10.0 Å². The maximum Gasteiger partial charge on any atom is 0.0543 e. The Labute approximate surface area is 106 Å². The highest BCUT2D eigenvalue weighted by atomic mass is 16.3. The van der Waals surface area contributed by atoms with Gasteiger partial charge in [0.1, 0.15) is 0 Å². The molecule has 0 radical (unpaired) electrons. The SMILES string of the molecule is CCCC1(CCC)CN(CC2CCC(O)C2)C1. The van der Waals surface area contributed by atoms with Gasteiger partial charge in [-0.05, 0) is 43.4 Å². The van der Waals surface area contributed by atoms with Crippen LogP contribution in [0.3, 0.4) is 0 Å². The third-order valence-corrected chi connectivity index (χ3v) is 4.71. The van der Waals surface area contributed by atoms with Crippen molar-refractivity contribution in [1.29, 1.82) is 0 Å². The van der Waals surface area contributed by atoms with Crippen molar-refractivity contribution in [2.45, 2.75) is 64.9 Å². The fourth-order valence-electron chi connectivity index (χ4n) is 4.11. The molecule has 0 bridgehead atoms. The fraction of sp³-hybridized carbons (Fsp3) is 1.00. The van der Waals surface area contributed by atoms with Crippen molar-refractivity contribution >= 4 is 0 Å². The van der Waals surface area contributed by atoms with Crippen LogP contribution >= 0.6 is 0 Å². The Bertz CT molecular complexity index is 227. The zero-order valence-corrected chi connectivity index (χ0v) is 11.6. The van der Waals surface area contributed by atoms with Crippen LogP contribution in [0.4, 0.5) is 0 Å². The minimum Gasteiger partial charge on any atom is -0.393 e. The molecule has 2 rings (SSSR count). The lowest BCUT2D eigenvalue weighted by atomic mass is 9.72. The van der Waals surface area contributed by atoms with E-state index < -0.39 is 0 Å². The van der Waals surface area contributed by atoms with Gasteiger partial charge in [-0.1, -0.05) is 26.7 Å². The fourth-order valence-corrected chi connectivity index (χ4v) is 4.11. The van der Waals surface area contributed by atoms with Crippen LogP contribution in [-0.4, -0.2) is 35.7 Å². The molecule has 2 heteroatoms. The van der Waals surface area contributed by atoms with Crippen molar-refractivity contribution in [3.05, 3.63) is 0 Å². The van der Waals surface area contributed by atoms with E-state index >= 15 is 0 Å². The second-order valence-electron chi connectivity index (χ2n) is 6.50. The van der Waals surface area contributed by atoms with Gasteiger partial charge in [-0.2, -0.15) is 0 Å². The van der Waals surface area contributed by atoms with Crippen molar-refractivity contribution in [2.75, 3.05) is 19.6 Å². The Kier molecular flexibility index (Phi) is 4.48. The highest BCUT2D eigenvalue weighted by molar-refractivity contribution is 4.95. The largest absolute Gasteiger partial charge is 0.393 e. The Balaban J connectivity index is 1.72. The van der Waals surface area contributed by atoms with Gasteiger partial charge >= 0.3 is 0 Å². The van der Waals surface area contributed by atoms with Gasteiger partial charge in [0.05, 0.1) is 6.10 Å². The van der Waals surface area contributed by atoms with Gasteiger partial charge in [-0.25, -0.2) is 0 Å². The van der Waals surface area contributed by atoms with E-state index in [9.17, 15) is 5.11 Å². The van der Waals surface area contributed by atoms with E-state index in [1.54, 1.807) is 0 Å². The van der Waals surface area contributed by atoms with Gasteiger partial charge in [0.2, 0.25) is 0 Å². The first-order chi connectivity index (χ1) is 8.17. The average molecular weight is 239 g/mol. The molecule has 1 aliphatic heterocycles. The van der Waals surface area contributed by atoms with Gasteiger partial charge in [0.15, 0.2) is 0 Å². The van der Waals surface area contributed by atoms with Crippen molar-refractivity contribution < 1.29 is 5.11 Å². The standard InChI is InChI=1S/C15H29NO/c1-3-7-15(8-4-2)11-16(12-15)10-13-5-6-14(17)9-13/h13-14,17H,3-12H2,1-2H3. The summed E-state index contributed by atoms with van der Waals surface area (Å²) >= 11 is 0. The monoisotopic (exact) mass is 239 g/mol. The van der Waals surface area contributed by atoms with Gasteiger partial charge in [-0.3, -0.25) is 0 Å². The predicted molar refractivity (Wildman–Crippen MR) is 72.0 cm³/mol. The predicted octanol–water partition coefficient (Wildman–Crippen LogP) is 3.05. The first kappa shape index (κ1) is 13.4. The number of hydrogen-bond donors (Lipinski definition) is 1. The minimum absolute atomic E-state index is 0.00248. The Hall–Kier alpha value is -0.0800. The maximum atomic E-state index is 9.56. The molecule has 1 N–H and O–H groups in total. The summed E-state index contributed by atoms with van der Waals surface area (Å²) in [5, 5.41) is 9.56. The van der Waals surface area contributed by atoms with E-state index in [-0.39, 0.29) is 6.10 Å². The summed E-state index contributed by atoms with van der Waals surface area (Å²) in [6, 6.07) is 0. The van der Waals surface area contributed by atoms with E-state index in [1.165, 1.54) is 51.7 Å².